The van der Waals surface area contributed by atoms with Crippen LogP contribution < -0.4 is 4.74 Å². The molecule has 0 unspecified atom stereocenters. The standard InChI is InChI=1S/C12H16O2/c1-2-14-11-5-3-4-10(8-11)9-12(13)6-7-12/h3-5,8,13H,2,6-7,9H2,1H3. The molecule has 1 aliphatic rings. The Morgan fingerprint density at radius 1 is 1.43 bits per heavy atom. The number of hydrogen-bond donors (Lipinski definition) is 1. The van der Waals surface area contributed by atoms with Crippen LogP contribution in [0.4, 0.5) is 0 Å². The molecule has 0 bridgehead atoms. The second kappa shape index (κ2) is 3.62. The summed E-state index contributed by atoms with van der Waals surface area (Å²) in [7, 11) is 0. The second-order valence-corrected chi connectivity index (χ2v) is 3.98. The Balaban J connectivity index is 2.06. The van der Waals surface area contributed by atoms with Crippen molar-refractivity contribution >= 4 is 0 Å². The normalized spacial score (nSPS) is 17.9. The SMILES string of the molecule is CCOc1cccc(CC2(O)CC2)c1. The molecule has 1 saturated carbocycles. The molecule has 2 heteroatoms. The van der Waals surface area contributed by atoms with Gasteiger partial charge in [0.1, 0.15) is 5.75 Å². The lowest BCUT2D eigenvalue weighted by atomic mass is 10.1. The maximum Gasteiger partial charge on any atom is 0.119 e. The summed E-state index contributed by atoms with van der Waals surface area (Å²) in [5, 5.41) is 9.76. The Hall–Kier alpha value is -1.02. The van der Waals surface area contributed by atoms with Gasteiger partial charge in [-0.05, 0) is 37.5 Å². The molecular weight excluding hydrogens is 176 g/mol. The summed E-state index contributed by atoms with van der Waals surface area (Å²) < 4.78 is 5.40. The molecule has 2 nitrogen and oxygen atoms in total. The van der Waals surface area contributed by atoms with Gasteiger partial charge in [0.05, 0.1) is 12.2 Å². The van der Waals surface area contributed by atoms with Crippen LogP contribution in [-0.4, -0.2) is 17.3 Å². The molecular formula is C12H16O2. The van der Waals surface area contributed by atoms with Crippen LogP contribution in [0.1, 0.15) is 25.3 Å². The summed E-state index contributed by atoms with van der Waals surface area (Å²) in [6.45, 7) is 2.66. The van der Waals surface area contributed by atoms with Crippen molar-refractivity contribution in [2.75, 3.05) is 6.61 Å². The summed E-state index contributed by atoms with van der Waals surface area (Å²) in [5.41, 5.74) is 0.751. The lowest BCUT2D eigenvalue weighted by molar-refractivity contribution is 0.151. The van der Waals surface area contributed by atoms with Crippen molar-refractivity contribution in [2.45, 2.75) is 31.8 Å². The minimum Gasteiger partial charge on any atom is -0.494 e. The summed E-state index contributed by atoms with van der Waals surface area (Å²) >= 11 is 0. The van der Waals surface area contributed by atoms with Gasteiger partial charge < -0.3 is 9.84 Å². The predicted octanol–water partition coefficient (Wildman–Crippen LogP) is 2.15. The van der Waals surface area contributed by atoms with Gasteiger partial charge in [0, 0.05) is 6.42 Å². The molecule has 14 heavy (non-hydrogen) atoms. The van der Waals surface area contributed by atoms with E-state index in [1.165, 1.54) is 0 Å². The Morgan fingerprint density at radius 3 is 2.86 bits per heavy atom. The fourth-order valence-electron chi connectivity index (χ4n) is 1.61. The first-order valence-electron chi connectivity index (χ1n) is 5.16. The molecule has 2 rings (SSSR count). The third kappa shape index (κ3) is 2.26. The molecule has 0 aromatic heterocycles. The quantitative estimate of drug-likeness (QED) is 0.792. The first-order chi connectivity index (χ1) is 6.72. The number of ether oxygens (including phenoxy) is 1. The molecule has 0 radical (unpaired) electrons. The van der Waals surface area contributed by atoms with Crippen molar-refractivity contribution in [1.82, 2.24) is 0 Å². The van der Waals surface area contributed by atoms with E-state index in [0.29, 0.717) is 6.61 Å². The topological polar surface area (TPSA) is 29.5 Å². The Kier molecular flexibility index (Phi) is 2.46. The van der Waals surface area contributed by atoms with Crippen molar-refractivity contribution in [3.05, 3.63) is 29.8 Å². The van der Waals surface area contributed by atoms with Gasteiger partial charge >= 0.3 is 0 Å². The number of hydrogen-bond acceptors (Lipinski definition) is 2. The molecule has 0 amide bonds. The molecule has 76 valence electrons. The van der Waals surface area contributed by atoms with Crippen LogP contribution in [0, 0.1) is 0 Å². The maximum atomic E-state index is 9.76. The molecule has 0 atom stereocenters. The van der Waals surface area contributed by atoms with Gasteiger partial charge in [-0.15, -0.1) is 0 Å². The van der Waals surface area contributed by atoms with Gasteiger partial charge in [-0.2, -0.15) is 0 Å². The lowest BCUT2D eigenvalue weighted by Crippen LogP contribution is -2.10. The van der Waals surface area contributed by atoms with E-state index in [2.05, 4.69) is 0 Å². The largest absolute Gasteiger partial charge is 0.494 e. The fourth-order valence-corrected chi connectivity index (χ4v) is 1.61. The highest BCUT2D eigenvalue weighted by Gasteiger charge is 2.40. The van der Waals surface area contributed by atoms with Gasteiger partial charge in [0.25, 0.3) is 0 Å². The van der Waals surface area contributed by atoms with Gasteiger partial charge in [-0.1, -0.05) is 12.1 Å². The zero-order valence-electron chi connectivity index (χ0n) is 8.49. The molecule has 1 aromatic rings. The van der Waals surface area contributed by atoms with Crippen molar-refractivity contribution in [3.8, 4) is 5.75 Å². The van der Waals surface area contributed by atoms with E-state index in [-0.39, 0.29) is 0 Å². The molecule has 0 spiro atoms. The van der Waals surface area contributed by atoms with Crippen LogP contribution >= 0.6 is 0 Å². The molecule has 1 aliphatic carbocycles. The van der Waals surface area contributed by atoms with Crippen molar-refractivity contribution < 1.29 is 9.84 Å². The number of aliphatic hydroxyl groups is 1. The summed E-state index contributed by atoms with van der Waals surface area (Å²) in [4.78, 5) is 0. The Labute approximate surface area is 84.5 Å². The Morgan fingerprint density at radius 2 is 2.21 bits per heavy atom. The molecule has 0 saturated heterocycles. The average molecular weight is 192 g/mol. The third-order valence-electron chi connectivity index (χ3n) is 2.57. The average Bonchev–Trinajstić information content (AvgIpc) is 2.84. The third-order valence-corrected chi connectivity index (χ3v) is 2.57. The van der Waals surface area contributed by atoms with E-state index >= 15 is 0 Å². The summed E-state index contributed by atoms with van der Waals surface area (Å²) in [5.74, 6) is 0.897. The first kappa shape index (κ1) is 9.53. The van der Waals surface area contributed by atoms with E-state index in [4.69, 9.17) is 4.74 Å². The molecule has 1 aromatic carbocycles. The minimum absolute atomic E-state index is 0.412. The van der Waals surface area contributed by atoms with Crippen molar-refractivity contribution in [2.24, 2.45) is 0 Å². The van der Waals surface area contributed by atoms with E-state index < -0.39 is 5.60 Å². The first-order valence-corrected chi connectivity index (χ1v) is 5.16. The van der Waals surface area contributed by atoms with Crippen LogP contribution in [0.3, 0.4) is 0 Å². The smallest absolute Gasteiger partial charge is 0.119 e. The maximum absolute atomic E-state index is 9.76. The van der Waals surface area contributed by atoms with Gasteiger partial charge in [-0.25, -0.2) is 0 Å². The lowest BCUT2D eigenvalue weighted by Gasteiger charge is -2.09. The monoisotopic (exact) mass is 192 g/mol. The zero-order chi connectivity index (χ0) is 10.0. The zero-order valence-corrected chi connectivity index (χ0v) is 8.49. The van der Waals surface area contributed by atoms with Crippen LogP contribution in [0.5, 0.6) is 5.75 Å². The van der Waals surface area contributed by atoms with Gasteiger partial charge in [0.2, 0.25) is 0 Å². The van der Waals surface area contributed by atoms with Crippen LogP contribution in [0.2, 0.25) is 0 Å². The highest BCUT2D eigenvalue weighted by atomic mass is 16.5. The summed E-state index contributed by atoms with van der Waals surface area (Å²) in [6.07, 6.45) is 2.63. The molecule has 1 N–H and O–H groups in total. The second-order valence-electron chi connectivity index (χ2n) is 3.98. The molecule has 1 fully saturated rings. The highest BCUT2D eigenvalue weighted by Crippen LogP contribution is 2.38. The van der Waals surface area contributed by atoms with Crippen LogP contribution in [0.25, 0.3) is 0 Å². The van der Waals surface area contributed by atoms with E-state index in [9.17, 15) is 5.11 Å². The van der Waals surface area contributed by atoms with E-state index in [0.717, 1.165) is 30.6 Å². The van der Waals surface area contributed by atoms with Gasteiger partial charge in [-0.3, -0.25) is 0 Å². The molecule has 0 heterocycles. The Bertz CT molecular complexity index is 316. The fraction of sp³-hybridized carbons (Fsp3) is 0.500. The highest BCUT2D eigenvalue weighted by molar-refractivity contribution is 5.30. The van der Waals surface area contributed by atoms with Crippen molar-refractivity contribution in [1.29, 1.82) is 0 Å². The number of benzene rings is 1. The van der Waals surface area contributed by atoms with Crippen LogP contribution in [-0.2, 0) is 6.42 Å². The van der Waals surface area contributed by atoms with E-state index in [1.54, 1.807) is 0 Å². The van der Waals surface area contributed by atoms with Crippen LogP contribution in [0.15, 0.2) is 24.3 Å². The van der Waals surface area contributed by atoms with Crippen molar-refractivity contribution in [3.63, 3.8) is 0 Å². The minimum atomic E-state index is -0.412. The molecule has 0 aliphatic heterocycles. The number of rotatable bonds is 4. The summed E-state index contributed by atoms with van der Waals surface area (Å²) in [6, 6.07) is 7.98. The van der Waals surface area contributed by atoms with Gasteiger partial charge in [0.15, 0.2) is 0 Å². The predicted molar refractivity (Wildman–Crippen MR) is 55.5 cm³/mol. The van der Waals surface area contributed by atoms with E-state index in [1.807, 2.05) is 31.2 Å².